The Hall–Kier alpha value is -3.38. The van der Waals surface area contributed by atoms with Crippen molar-refractivity contribution in [2.45, 2.75) is 13.1 Å². The maximum Gasteiger partial charge on any atom is 0.173 e. The number of aromatic nitrogens is 2. The van der Waals surface area contributed by atoms with E-state index in [9.17, 15) is 59.1 Å². The molecule has 0 unspecified atom stereocenters. The number of pyridine rings is 2. The Kier molecular flexibility index (Phi) is 8.88. The van der Waals surface area contributed by atoms with Gasteiger partial charge >= 0.3 is 66.0 Å². The molecule has 2 heterocycles. The summed E-state index contributed by atoms with van der Waals surface area (Å²) in [4.78, 5) is 0. The van der Waals surface area contributed by atoms with Crippen molar-refractivity contribution in [2.75, 3.05) is 0 Å². The monoisotopic (exact) mass is 664 g/mol. The Bertz CT molecular complexity index is 1330. The normalized spacial score (nSPS) is 14.9. The van der Waals surface area contributed by atoms with E-state index in [0.29, 0.717) is 13.1 Å². The topological polar surface area (TPSA) is 7.76 Å². The summed E-state index contributed by atoms with van der Waals surface area (Å²) in [5.41, 5.74) is 4.37. The van der Waals surface area contributed by atoms with Crippen molar-refractivity contribution in [3.8, 4) is 11.1 Å². The SMILES string of the molecule is F[P-](F)(F)(F)(F)F.F[P-](F)(F)(F)(F)F.Fc1ccc(C[n+]2ccc(-c3cc[n+](Cc4ccc(F)cc4)cc3)cc2)cc1. The molecule has 0 bridgehead atoms. The van der Waals surface area contributed by atoms with Crippen LogP contribution in [0.1, 0.15) is 11.1 Å². The minimum atomic E-state index is -10.7. The second-order valence-electron chi connectivity index (χ2n) is 8.69. The van der Waals surface area contributed by atoms with E-state index in [2.05, 4.69) is 33.4 Å². The Balaban J connectivity index is 0.000000367. The fraction of sp³-hybridized carbons (Fsp3) is 0.0833. The molecule has 4 rings (SSSR count). The average Bonchev–Trinajstić information content (AvgIpc) is 2.79. The van der Waals surface area contributed by atoms with Crippen molar-refractivity contribution in [3.05, 3.63) is 120 Å². The van der Waals surface area contributed by atoms with Crippen molar-refractivity contribution in [2.24, 2.45) is 0 Å². The van der Waals surface area contributed by atoms with Crippen LogP contribution < -0.4 is 9.13 Å². The Morgan fingerprint density at radius 3 is 0.810 bits per heavy atom. The van der Waals surface area contributed by atoms with Crippen LogP contribution in [0, 0.1) is 11.6 Å². The third-order valence-corrected chi connectivity index (χ3v) is 4.67. The summed E-state index contributed by atoms with van der Waals surface area (Å²) < 4.78 is 149. The van der Waals surface area contributed by atoms with Gasteiger partial charge in [-0.05, 0) is 59.7 Å². The molecule has 0 N–H and O–H groups in total. The summed E-state index contributed by atoms with van der Waals surface area (Å²) in [7, 11) is -21.3. The van der Waals surface area contributed by atoms with Gasteiger partial charge in [0.1, 0.15) is 11.6 Å². The first-order chi connectivity index (χ1) is 18.6. The molecule has 2 aromatic carbocycles. The molecule has 0 fully saturated rings. The predicted molar refractivity (Wildman–Crippen MR) is 130 cm³/mol. The van der Waals surface area contributed by atoms with Crippen molar-refractivity contribution < 1.29 is 68.3 Å². The van der Waals surface area contributed by atoms with Crippen molar-refractivity contribution in [3.63, 3.8) is 0 Å². The second kappa shape index (κ2) is 10.7. The van der Waals surface area contributed by atoms with Crippen LogP contribution in [0.4, 0.5) is 59.1 Å². The maximum atomic E-state index is 13.0. The number of rotatable bonds is 5. The molecule has 0 saturated heterocycles. The van der Waals surface area contributed by atoms with Crippen molar-refractivity contribution >= 4 is 15.6 Å². The van der Waals surface area contributed by atoms with E-state index in [1.165, 1.54) is 24.3 Å². The molecule has 0 aliphatic rings. The zero-order valence-electron chi connectivity index (χ0n) is 20.7. The molecule has 42 heavy (non-hydrogen) atoms. The van der Waals surface area contributed by atoms with Crippen LogP contribution in [0.2, 0.25) is 0 Å². The molecule has 0 radical (unpaired) electrons. The second-order valence-corrected chi connectivity index (χ2v) is 12.5. The largest absolute Gasteiger partial charge is 0.207 e. The summed E-state index contributed by atoms with van der Waals surface area (Å²) in [6.07, 6.45) is 8.10. The minimum absolute atomic E-state index is 0.218. The van der Waals surface area contributed by atoms with E-state index in [1.807, 2.05) is 24.8 Å². The van der Waals surface area contributed by atoms with Crippen LogP contribution >= 0.6 is 15.6 Å². The first-order valence-corrected chi connectivity index (χ1v) is 15.2. The van der Waals surface area contributed by atoms with Gasteiger partial charge in [0.2, 0.25) is 0 Å². The van der Waals surface area contributed by atoms with Crippen LogP contribution in [0.3, 0.4) is 0 Å². The number of hydrogen-bond donors (Lipinski definition) is 0. The van der Waals surface area contributed by atoms with E-state index in [1.54, 1.807) is 24.3 Å². The molecule has 4 aromatic rings. The molecular weight excluding hydrogens is 644 g/mol. The molecule has 2 nitrogen and oxygen atoms in total. The van der Waals surface area contributed by atoms with E-state index in [-0.39, 0.29) is 11.6 Å². The number of benzene rings is 2. The molecule has 0 aliphatic heterocycles. The van der Waals surface area contributed by atoms with Gasteiger partial charge in [-0.25, -0.2) is 17.9 Å². The fourth-order valence-electron chi connectivity index (χ4n) is 3.11. The summed E-state index contributed by atoms with van der Waals surface area (Å²) >= 11 is 0. The van der Waals surface area contributed by atoms with Gasteiger partial charge in [-0.1, -0.05) is 0 Å². The number of hydrogen-bond acceptors (Lipinski definition) is 0. The molecular formula is C24H20F14N2P2. The molecule has 0 amide bonds. The van der Waals surface area contributed by atoms with Crippen LogP contribution in [-0.4, -0.2) is 0 Å². The summed E-state index contributed by atoms with van der Waals surface area (Å²) in [6.45, 7) is 1.40. The molecule has 0 atom stereocenters. The van der Waals surface area contributed by atoms with Gasteiger partial charge in [-0.15, -0.1) is 0 Å². The number of nitrogens with zero attached hydrogens (tertiary/aromatic N) is 2. The van der Waals surface area contributed by atoms with Gasteiger partial charge in [-0.2, -0.15) is 0 Å². The third kappa shape index (κ3) is 19.7. The van der Waals surface area contributed by atoms with Gasteiger partial charge in [0, 0.05) is 35.4 Å². The van der Waals surface area contributed by atoms with Crippen LogP contribution in [0.15, 0.2) is 97.6 Å². The predicted octanol–water partition coefficient (Wildman–Crippen LogP) is 11.1. The molecule has 0 saturated carbocycles. The molecule has 18 heteroatoms. The fourth-order valence-corrected chi connectivity index (χ4v) is 3.11. The average molecular weight is 664 g/mol. The Morgan fingerprint density at radius 1 is 0.381 bits per heavy atom. The summed E-state index contributed by atoms with van der Waals surface area (Å²) in [6, 6.07) is 21.4. The Morgan fingerprint density at radius 2 is 0.595 bits per heavy atom. The quantitative estimate of drug-likeness (QED) is 0.114. The van der Waals surface area contributed by atoms with Gasteiger partial charge < -0.3 is 0 Å². The molecule has 2 aromatic heterocycles. The maximum absolute atomic E-state index is 13.0. The smallest absolute Gasteiger partial charge is 0.173 e. The molecule has 0 aliphatic carbocycles. The van der Waals surface area contributed by atoms with E-state index >= 15 is 0 Å². The van der Waals surface area contributed by atoms with Crippen molar-refractivity contribution in [1.29, 1.82) is 0 Å². The van der Waals surface area contributed by atoms with Gasteiger partial charge in [0.05, 0.1) is 0 Å². The number of halogens is 14. The van der Waals surface area contributed by atoms with Gasteiger partial charge in [-0.3, -0.25) is 0 Å². The first-order valence-electron chi connectivity index (χ1n) is 11.2. The van der Waals surface area contributed by atoms with E-state index in [0.717, 1.165) is 22.3 Å². The van der Waals surface area contributed by atoms with E-state index < -0.39 is 15.6 Å². The third-order valence-electron chi connectivity index (χ3n) is 4.67. The standard InChI is InChI=1S/C24H20F2N2.2F6P/c25-23-5-1-19(2-6-23)17-27-13-9-21(10-14-27)22-11-15-28(16-12-22)18-20-3-7-24(26)8-4-20;2*1-7(2,3,4,5)6/h1-16H,17-18H2;;/q+2;2*-1. The Labute approximate surface area is 228 Å². The zero-order chi connectivity index (χ0) is 32.2. The van der Waals surface area contributed by atoms with Crippen LogP contribution in [0.25, 0.3) is 11.1 Å². The minimum Gasteiger partial charge on any atom is -0.207 e. The summed E-state index contributed by atoms with van der Waals surface area (Å²) in [5.74, 6) is -0.435. The molecule has 234 valence electrons. The first kappa shape index (κ1) is 34.8. The zero-order valence-corrected chi connectivity index (χ0v) is 22.5. The van der Waals surface area contributed by atoms with Crippen LogP contribution in [0.5, 0.6) is 0 Å². The van der Waals surface area contributed by atoms with Crippen molar-refractivity contribution in [1.82, 2.24) is 0 Å². The van der Waals surface area contributed by atoms with Crippen LogP contribution in [-0.2, 0) is 13.1 Å². The van der Waals surface area contributed by atoms with Gasteiger partial charge in [0.25, 0.3) is 0 Å². The van der Waals surface area contributed by atoms with E-state index in [4.69, 9.17) is 0 Å². The summed E-state index contributed by atoms with van der Waals surface area (Å²) in [5, 5.41) is 0. The molecule has 0 spiro atoms. The van der Waals surface area contributed by atoms with Gasteiger partial charge in [0.15, 0.2) is 37.9 Å².